The van der Waals surface area contributed by atoms with E-state index >= 15 is 0 Å². The van der Waals surface area contributed by atoms with Crippen LogP contribution in [0.5, 0.6) is 0 Å². The van der Waals surface area contributed by atoms with E-state index in [-0.39, 0.29) is 11.9 Å². The maximum Gasteiger partial charge on any atom is 0.244 e. The van der Waals surface area contributed by atoms with E-state index in [1.807, 2.05) is 61.9 Å². The van der Waals surface area contributed by atoms with Gasteiger partial charge in [0.15, 0.2) is 0 Å². The molecule has 0 aliphatic rings. The molecule has 1 atom stereocenters. The van der Waals surface area contributed by atoms with Crippen LogP contribution in [0.3, 0.4) is 0 Å². The second-order valence-electron chi connectivity index (χ2n) is 7.40. The molecule has 3 rings (SSSR count). The van der Waals surface area contributed by atoms with Crippen LogP contribution in [0.25, 0.3) is 11.8 Å². The molecule has 0 saturated carbocycles. The van der Waals surface area contributed by atoms with Gasteiger partial charge >= 0.3 is 0 Å². The number of carbonyl (C=O) groups is 1. The largest absolute Gasteiger partial charge is 0.346 e. The molecule has 0 saturated heterocycles. The van der Waals surface area contributed by atoms with E-state index in [4.69, 9.17) is 0 Å². The predicted molar refractivity (Wildman–Crippen MR) is 124 cm³/mol. The molecule has 8 heteroatoms. The number of benzene rings is 2. The van der Waals surface area contributed by atoms with Gasteiger partial charge in [-0.05, 0) is 56.7 Å². The number of hydrogen-bond acceptors (Lipinski definition) is 4. The van der Waals surface area contributed by atoms with Gasteiger partial charge < -0.3 is 5.32 Å². The second kappa shape index (κ2) is 9.18. The Morgan fingerprint density at radius 1 is 1.10 bits per heavy atom. The number of carbonyl (C=O) groups excluding carboxylic acids is 1. The molecule has 1 heterocycles. The molecule has 31 heavy (non-hydrogen) atoms. The van der Waals surface area contributed by atoms with Crippen LogP contribution in [0.2, 0.25) is 0 Å². The Morgan fingerprint density at radius 2 is 1.81 bits per heavy atom. The van der Waals surface area contributed by atoms with E-state index in [0.29, 0.717) is 5.69 Å². The van der Waals surface area contributed by atoms with E-state index in [0.717, 1.165) is 34.5 Å². The topological polar surface area (TPSA) is 93.1 Å². The van der Waals surface area contributed by atoms with Crippen molar-refractivity contribution in [2.24, 2.45) is 0 Å². The van der Waals surface area contributed by atoms with Gasteiger partial charge in [-0.3, -0.25) is 9.52 Å². The zero-order valence-corrected chi connectivity index (χ0v) is 18.8. The summed E-state index contributed by atoms with van der Waals surface area (Å²) in [5, 5.41) is 7.49. The molecule has 1 aromatic heterocycles. The summed E-state index contributed by atoms with van der Waals surface area (Å²) >= 11 is 0. The quantitative estimate of drug-likeness (QED) is 0.550. The average Bonchev–Trinajstić information content (AvgIpc) is 2.99. The van der Waals surface area contributed by atoms with Gasteiger partial charge in [0.2, 0.25) is 15.9 Å². The number of sulfonamides is 1. The standard InChI is InChI=1S/C23H26N4O3S/c1-16(19-9-8-10-20(15-19)26-31(4,29)30)24-23(28)14-13-22-17(2)25-27(18(22)3)21-11-6-5-7-12-21/h5-16,26H,1-4H3,(H,24,28)/b14-13+. The zero-order chi connectivity index (χ0) is 22.6. The van der Waals surface area contributed by atoms with Crippen molar-refractivity contribution >= 4 is 27.7 Å². The summed E-state index contributed by atoms with van der Waals surface area (Å²) < 4.78 is 27.2. The molecule has 3 aromatic rings. The Hall–Kier alpha value is -3.39. The van der Waals surface area contributed by atoms with Gasteiger partial charge in [-0.15, -0.1) is 0 Å². The molecule has 0 aliphatic heterocycles. The third-order valence-corrected chi connectivity index (χ3v) is 5.40. The van der Waals surface area contributed by atoms with Gasteiger partial charge in [0.25, 0.3) is 0 Å². The summed E-state index contributed by atoms with van der Waals surface area (Å²) in [5.74, 6) is -0.250. The van der Waals surface area contributed by atoms with Crippen LogP contribution in [0.15, 0.2) is 60.7 Å². The monoisotopic (exact) mass is 438 g/mol. The molecule has 1 unspecified atom stereocenters. The molecule has 0 radical (unpaired) electrons. The number of para-hydroxylation sites is 1. The van der Waals surface area contributed by atoms with Gasteiger partial charge in [0, 0.05) is 23.0 Å². The molecule has 1 amide bonds. The van der Waals surface area contributed by atoms with Crippen LogP contribution in [0, 0.1) is 13.8 Å². The number of rotatable bonds is 7. The van der Waals surface area contributed by atoms with Gasteiger partial charge in [-0.1, -0.05) is 30.3 Å². The minimum absolute atomic E-state index is 0.250. The molecular weight excluding hydrogens is 412 g/mol. The molecule has 0 fully saturated rings. The molecule has 0 bridgehead atoms. The fourth-order valence-electron chi connectivity index (χ4n) is 3.31. The minimum Gasteiger partial charge on any atom is -0.346 e. The number of amides is 1. The lowest BCUT2D eigenvalue weighted by molar-refractivity contribution is -0.117. The third-order valence-electron chi connectivity index (χ3n) is 4.80. The number of nitrogens with zero attached hydrogens (tertiary/aromatic N) is 2. The molecule has 7 nitrogen and oxygen atoms in total. The highest BCUT2D eigenvalue weighted by Crippen LogP contribution is 2.20. The fourth-order valence-corrected chi connectivity index (χ4v) is 3.86. The Morgan fingerprint density at radius 3 is 2.48 bits per heavy atom. The van der Waals surface area contributed by atoms with E-state index < -0.39 is 10.0 Å². The first-order chi connectivity index (χ1) is 14.6. The van der Waals surface area contributed by atoms with Crippen LogP contribution in [0.1, 0.15) is 35.5 Å². The van der Waals surface area contributed by atoms with Crippen molar-refractivity contribution in [2.45, 2.75) is 26.8 Å². The van der Waals surface area contributed by atoms with Crippen molar-refractivity contribution in [2.75, 3.05) is 11.0 Å². The molecule has 162 valence electrons. The summed E-state index contributed by atoms with van der Waals surface area (Å²) in [7, 11) is -3.36. The minimum atomic E-state index is -3.36. The van der Waals surface area contributed by atoms with Gasteiger partial charge in [-0.2, -0.15) is 5.10 Å². The van der Waals surface area contributed by atoms with E-state index in [2.05, 4.69) is 15.1 Å². The maximum absolute atomic E-state index is 12.5. The van der Waals surface area contributed by atoms with Crippen molar-refractivity contribution in [3.8, 4) is 5.69 Å². The number of hydrogen-bond donors (Lipinski definition) is 2. The van der Waals surface area contributed by atoms with Crippen molar-refractivity contribution in [1.29, 1.82) is 0 Å². The molecule has 0 aliphatic carbocycles. The molecule has 2 N–H and O–H groups in total. The Balaban J connectivity index is 1.71. The van der Waals surface area contributed by atoms with E-state index in [1.54, 1.807) is 24.3 Å². The number of nitrogens with one attached hydrogen (secondary N) is 2. The van der Waals surface area contributed by atoms with Crippen LogP contribution >= 0.6 is 0 Å². The highest BCUT2D eigenvalue weighted by Gasteiger charge is 2.12. The normalized spacial score (nSPS) is 12.6. The maximum atomic E-state index is 12.5. The number of aryl methyl sites for hydroxylation is 1. The third kappa shape index (κ3) is 5.82. The van der Waals surface area contributed by atoms with Crippen LogP contribution in [0.4, 0.5) is 5.69 Å². The van der Waals surface area contributed by atoms with E-state index in [1.165, 1.54) is 6.08 Å². The lowest BCUT2D eigenvalue weighted by Crippen LogP contribution is -2.24. The molecule has 0 spiro atoms. The predicted octanol–water partition coefficient (Wildman–Crippen LogP) is 3.75. The van der Waals surface area contributed by atoms with Crippen molar-refractivity contribution in [3.63, 3.8) is 0 Å². The van der Waals surface area contributed by atoms with Gasteiger partial charge in [0.1, 0.15) is 0 Å². The Kier molecular flexibility index (Phi) is 6.60. The Bertz CT molecular complexity index is 1210. The fraction of sp³-hybridized carbons (Fsp3) is 0.217. The highest BCUT2D eigenvalue weighted by atomic mass is 32.2. The summed E-state index contributed by atoms with van der Waals surface area (Å²) in [5.41, 5.74) is 4.88. The van der Waals surface area contributed by atoms with Crippen molar-refractivity contribution < 1.29 is 13.2 Å². The van der Waals surface area contributed by atoms with Crippen LogP contribution in [-0.2, 0) is 14.8 Å². The molecule has 2 aromatic carbocycles. The van der Waals surface area contributed by atoms with E-state index in [9.17, 15) is 13.2 Å². The number of anilines is 1. The highest BCUT2D eigenvalue weighted by molar-refractivity contribution is 7.92. The molecular formula is C23H26N4O3S. The smallest absolute Gasteiger partial charge is 0.244 e. The van der Waals surface area contributed by atoms with Crippen molar-refractivity contribution in [3.05, 3.63) is 83.2 Å². The lowest BCUT2D eigenvalue weighted by Gasteiger charge is -2.14. The zero-order valence-electron chi connectivity index (χ0n) is 18.0. The van der Waals surface area contributed by atoms with Gasteiger partial charge in [-0.25, -0.2) is 13.1 Å². The summed E-state index contributed by atoms with van der Waals surface area (Å²) in [6.45, 7) is 5.72. The summed E-state index contributed by atoms with van der Waals surface area (Å²) in [6, 6.07) is 16.5. The van der Waals surface area contributed by atoms with Gasteiger partial charge in [0.05, 0.1) is 23.7 Å². The average molecular weight is 439 g/mol. The first-order valence-electron chi connectivity index (χ1n) is 9.82. The van der Waals surface area contributed by atoms with Crippen LogP contribution in [-0.4, -0.2) is 30.4 Å². The SMILES string of the molecule is Cc1nn(-c2ccccc2)c(C)c1/C=C/C(=O)NC(C)c1cccc(NS(C)(=O)=O)c1. The lowest BCUT2D eigenvalue weighted by atomic mass is 10.1. The summed E-state index contributed by atoms with van der Waals surface area (Å²) in [4.78, 5) is 12.5. The van der Waals surface area contributed by atoms with Crippen molar-refractivity contribution in [1.82, 2.24) is 15.1 Å². The summed E-state index contributed by atoms with van der Waals surface area (Å²) in [6.07, 6.45) is 4.35. The Labute approximate surface area is 182 Å². The number of aromatic nitrogens is 2. The first kappa shape index (κ1) is 22.3. The van der Waals surface area contributed by atoms with Crippen LogP contribution < -0.4 is 10.0 Å². The second-order valence-corrected chi connectivity index (χ2v) is 9.14. The first-order valence-corrected chi connectivity index (χ1v) is 11.7.